The highest BCUT2D eigenvalue weighted by atomic mass is 19.1. The van der Waals surface area contributed by atoms with Gasteiger partial charge >= 0.3 is 0 Å². The standard InChI is InChI=1S/C32H48FN/c1-2-3-4-8-26-13-15-27(16-14-26)9-5-6-10-28-17-21-30(22-18-28)31-23-19-29(20-24-31)11-7-12-32(33)25-34/h12-16,28-31H,2-11,17-24H2,1H3/b32-12-. The predicted molar refractivity (Wildman–Crippen MR) is 142 cm³/mol. The molecule has 188 valence electrons. The third-order valence-corrected chi connectivity index (χ3v) is 8.87. The Labute approximate surface area is 209 Å². The number of nitrogens with zero attached hydrogens (tertiary/aromatic N) is 1. The summed E-state index contributed by atoms with van der Waals surface area (Å²) < 4.78 is 13.0. The first kappa shape index (κ1) is 27.0. The van der Waals surface area contributed by atoms with Crippen LogP contribution in [0.15, 0.2) is 36.2 Å². The van der Waals surface area contributed by atoms with Crippen LogP contribution in [0.1, 0.15) is 121 Å². The number of halogens is 1. The molecule has 0 unspecified atom stereocenters. The van der Waals surface area contributed by atoms with Crippen molar-refractivity contribution in [3.63, 3.8) is 0 Å². The van der Waals surface area contributed by atoms with Crippen molar-refractivity contribution in [3.05, 3.63) is 47.3 Å². The Balaban J connectivity index is 1.24. The Morgan fingerprint density at radius 1 is 0.794 bits per heavy atom. The van der Waals surface area contributed by atoms with E-state index in [4.69, 9.17) is 5.26 Å². The molecule has 1 nitrogen and oxygen atoms in total. The van der Waals surface area contributed by atoms with Crippen LogP contribution in [0.25, 0.3) is 0 Å². The topological polar surface area (TPSA) is 23.8 Å². The van der Waals surface area contributed by atoms with Gasteiger partial charge in [-0.05, 0) is 105 Å². The van der Waals surface area contributed by atoms with Crippen molar-refractivity contribution in [2.24, 2.45) is 23.7 Å². The third kappa shape index (κ3) is 9.56. The lowest BCUT2D eigenvalue weighted by Gasteiger charge is -2.38. The van der Waals surface area contributed by atoms with Crippen molar-refractivity contribution in [1.82, 2.24) is 0 Å². The van der Waals surface area contributed by atoms with Crippen molar-refractivity contribution < 1.29 is 4.39 Å². The van der Waals surface area contributed by atoms with Crippen molar-refractivity contribution in [1.29, 1.82) is 5.26 Å². The van der Waals surface area contributed by atoms with Gasteiger partial charge in [-0.15, -0.1) is 0 Å². The molecular formula is C32H48FN. The first-order valence-electron chi connectivity index (χ1n) is 14.5. The molecule has 0 atom stereocenters. The molecule has 0 spiro atoms. The van der Waals surface area contributed by atoms with Gasteiger partial charge in [-0.2, -0.15) is 9.65 Å². The molecule has 2 aliphatic carbocycles. The monoisotopic (exact) mass is 465 g/mol. The van der Waals surface area contributed by atoms with Gasteiger partial charge < -0.3 is 0 Å². The smallest absolute Gasteiger partial charge is 0.195 e. The van der Waals surface area contributed by atoms with Crippen LogP contribution in [0.2, 0.25) is 0 Å². The molecule has 0 N–H and O–H groups in total. The Hall–Kier alpha value is -1.62. The van der Waals surface area contributed by atoms with E-state index in [2.05, 4.69) is 31.2 Å². The second-order valence-corrected chi connectivity index (χ2v) is 11.3. The predicted octanol–water partition coefficient (Wildman–Crippen LogP) is 9.90. The lowest BCUT2D eigenvalue weighted by molar-refractivity contribution is 0.140. The molecule has 0 amide bonds. The fourth-order valence-electron chi connectivity index (χ4n) is 6.60. The van der Waals surface area contributed by atoms with Gasteiger partial charge in [-0.1, -0.05) is 82.6 Å². The van der Waals surface area contributed by atoms with Crippen LogP contribution in [0, 0.1) is 35.0 Å². The van der Waals surface area contributed by atoms with Crippen LogP contribution >= 0.6 is 0 Å². The van der Waals surface area contributed by atoms with Crippen molar-refractivity contribution in [2.45, 2.75) is 122 Å². The Bertz CT molecular complexity index is 742. The molecule has 0 heterocycles. The molecule has 2 aliphatic rings. The lowest BCUT2D eigenvalue weighted by atomic mass is 9.68. The van der Waals surface area contributed by atoms with E-state index in [1.807, 2.05) is 0 Å². The number of unbranched alkanes of at least 4 members (excludes halogenated alkanes) is 3. The maximum absolute atomic E-state index is 13.0. The molecule has 2 heteroatoms. The maximum Gasteiger partial charge on any atom is 0.196 e. The van der Waals surface area contributed by atoms with Crippen molar-refractivity contribution >= 4 is 0 Å². The number of benzene rings is 1. The van der Waals surface area contributed by atoms with Gasteiger partial charge in [0.25, 0.3) is 0 Å². The maximum atomic E-state index is 13.0. The highest BCUT2D eigenvalue weighted by Gasteiger charge is 2.30. The minimum absolute atomic E-state index is 0.614. The minimum Gasteiger partial charge on any atom is -0.195 e. The van der Waals surface area contributed by atoms with Crippen molar-refractivity contribution in [3.8, 4) is 6.07 Å². The highest BCUT2D eigenvalue weighted by Crippen LogP contribution is 2.43. The zero-order valence-corrected chi connectivity index (χ0v) is 21.7. The quantitative estimate of drug-likeness (QED) is 0.210. The van der Waals surface area contributed by atoms with Gasteiger partial charge in [0, 0.05) is 0 Å². The van der Waals surface area contributed by atoms with Crippen LogP contribution in [0.5, 0.6) is 0 Å². The van der Waals surface area contributed by atoms with Gasteiger partial charge in [0.2, 0.25) is 0 Å². The molecule has 0 radical (unpaired) electrons. The Morgan fingerprint density at radius 2 is 1.29 bits per heavy atom. The molecule has 2 fully saturated rings. The number of hydrogen-bond donors (Lipinski definition) is 0. The average molecular weight is 466 g/mol. The van der Waals surface area contributed by atoms with E-state index in [9.17, 15) is 4.39 Å². The van der Waals surface area contributed by atoms with E-state index in [1.165, 1.54) is 120 Å². The molecule has 0 bridgehead atoms. The Morgan fingerprint density at radius 3 is 1.79 bits per heavy atom. The summed E-state index contributed by atoms with van der Waals surface area (Å²) in [6.07, 6.45) is 25.1. The summed E-state index contributed by atoms with van der Waals surface area (Å²) in [4.78, 5) is 0. The molecular weight excluding hydrogens is 417 g/mol. The average Bonchev–Trinajstić information content (AvgIpc) is 2.88. The second kappa shape index (κ2) is 15.4. The number of nitriles is 1. The van der Waals surface area contributed by atoms with Gasteiger partial charge in [0.1, 0.15) is 6.07 Å². The summed E-state index contributed by atoms with van der Waals surface area (Å²) in [6.45, 7) is 2.27. The van der Waals surface area contributed by atoms with Crippen LogP contribution in [-0.2, 0) is 12.8 Å². The highest BCUT2D eigenvalue weighted by molar-refractivity contribution is 5.22. The van der Waals surface area contributed by atoms with E-state index in [0.29, 0.717) is 0 Å². The molecule has 0 saturated heterocycles. The third-order valence-electron chi connectivity index (χ3n) is 8.87. The molecule has 1 aromatic carbocycles. The van der Waals surface area contributed by atoms with E-state index < -0.39 is 5.83 Å². The second-order valence-electron chi connectivity index (χ2n) is 11.3. The van der Waals surface area contributed by atoms with Crippen LogP contribution in [0.4, 0.5) is 4.39 Å². The van der Waals surface area contributed by atoms with E-state index in [0.717, 1.165) is 36.5 Å². The van der Waals surface area contributed by atoms with Gasteiger partial charge in [0.05, 0.1) is 0 Å². The van der Waals surface area contributed by atoms with Crippen LogP contribution in [0.3, 0.4) is 0 Å². The molecule has 34 heavy (non-hydrogen) atoms. The number of aryl methyl sites for hydroxylation is 2. The molecule has 2 saturated carbocycles. The summed E-state index contributed by atoms with van der Waals surface area (Å²) in [7, 11) is 0. The van der Waals surface area contributed by atoms with Gasteiger partial charge in [-0.3, -0.25) is 0 Å². The van der Waals surface area contributed by atoms with Crippen molar-refractivity contribution in [2.75, 3.05) is 0 Å². The fourth-order valence-corrected chi connectivity index (χ4v) is 6.60. The first-order chi connectivity index (χ1) is 16.7. The number of hydrogen-bond acceptors (Lipinski definition) is 1. The Kier molecular flexibility index (Phi) is 12.2. The molecule has 1 aromatic rings. The summed E-state index contributed by atoms with van der Waals surface area (Å²) in [6, 6.07) is 11.0. The fraction of sp³-hybridized carbons (Fsp3) is 0.719. The largest absolute Gasteiger partial charge is 0.196 e. The molecule has 3 rings (SSSR count). The van der Waals surface area contributed by atoms with Gasteiger partial charge in [-0.25, -0.2) is 0 Å². The minimum atomic E-state index is -0.614. The SMILES string of the molecule is CCCCCc1ccc(CCCCC2CCC(C3CCC(CC/C=C(\F)C#N)CC3)CC2)cc1. The summed E-state index contributed by atoms with van der Waals surface area (Å²) in [5.74, 6) is 3.00. The van der Waals surface area contributed by atoms with E-state index in [1.54, 1.807) is 6.07 Å². The van der Waals surface area contributed by atoms with Gasteiger partial charge in [0.15, 0.2) is 5.83 Å². The molecule has 0 aliphatic heterocycles. The summed E-state index contributed by atoms with van der Waals surface area (Å²) in [5.41, 5.74) is 3.02. The zero-order valence-electron chi connectivity index (χ0n) is 21.7. The van der Waals surface area contributed by atoms with E-state index >= 15 is 0 Å². The normalized spacial score (nSPS) is 25.7. The zero-order chi connectivity index (χ0) is 24.0. The molecule has 0 aromatic heterocycles. The lowest BCUT2D eigenvalue weighted by Crippen LogP contribution is -2.25. The summed E-state index contributed by atoms with van der Waals surface area (Å²) in [5, 5.41) is 8.52. The summed E-state index contributed by atoms with van der Waals surface area (Å²) >= 11 is 0. The number of rotatable bonds is 13. The van der Waals surface area contributed by atoms with Crippen LogP contribution < -0.4 is 0 Å². The first-order valence-corrected chi connectivity index (χ1v) is 14.5. The van der Waals surface area contributed by atoms with Crippen LogP contribution in [-0.4, -0.2) is 0 Å². The van der Waals surface area contributed by atoms with E-state index in [-0.39, 0.29) is 0 Å². The number of allylic oxidation sites excluding steroid dienone is 2.